The van der Waals surface area contributed by atoms with E-state index in [0.717, 1.165) is 41.4 Å². The zero-order valence-corrected chi connectivity index (χ0v) is 14.8. The third-order valence-corrected chi connectivity index (χ3v) is 4.23. The SMILES string of the molecule is CCCCCC(=NNC(=O)c1ccccc1Br)c1ccccc1. The van der Waals surface area contributed by atoms with Crippen molar-refractivity contribution in [1.82, 2.24) is 5.43 Å². The molecule has 0 bridgehead atoms. The van der Waals surface area contributed by atoms with Gasteiger partial charge >= 0.3 is 0 Å². The number of hydrogen-bond donors (Lipinski definition) is 1. The summed E-state index contributed by atoms with van der Waals surface area (Å²) in [7, 11) is 0. The fourth-order valence-corrected chi connectivity index (χ4v) is 2.73. The van der Waals surface area contributed by atoms with Crippen LogP contribution in [0, 0.1) is 0 Å². The number of benzene rings is 2. The van der Waals surface area contributed by atoms with E-state index in [2.05, 4.69) is 33.4 Å². The average molecular weight is 373 g/mol. The molecule has 0 aliphatic carbocycles. The van der Waals surface area contributed by atoms with E-state index in [1.807, 2.05) is 48.5 Å². The van der Waals surface area contributed by atoms with Gasteiger partial charge in [-0.15, -0.1) is 0 Å². The van der Waals surface area contributed by atoms with Crippen LogP contribution >= 0.6 is 15.9 Å². The summed E-state index contributed by atoms with van der Waals surface area (Å²) in [5.41, 5.74) is 5.23. The summed E-state index contributed by atoms with van der Waals surface area (Å²) >= 11 is 3.39. The normalized spacial score (nSPS) is 11.3. The van der Waals surface area contributed by atoms with Gasteiger partial charge in [0.1, 0.15) is 0 Å². The van der Waals surface area contributed by atoms with Gasteiger partial charge in [-0.05, 0) is 46.5 Å². The first-order chi connectivity index (χ1) is 11.2. The van der Waals surface area contributed by atoms with Crippen molar-refractivity contribution in [1.29, 1.82) is 0 Å². The second-order valence-corrected chi connectivity index (χ2v) is 6.16. The monoisotopic (exact) mass is 372 g/mol. The van der Waals surface area contributed by atoms with E-state index in [-0.39, 0.29) is 5.91 Å². The van der Waals surface area contributed by atoms with E-state index in [1.165, 1.54) is 0 Å². The van der Waals surface area contributed by atoms with Gasteiger partial charge in [0.05, 0.1) is 11.3 Å². The summed E-state index contributed by atoms with van der Waals surface area (Å²) in [6.07, 6.45) is 4.23. The molecule has 4 heteroatoms. The van der Waals surface area contributed by atoms with Crippen LogP contribution in [0.4, 0.5) is 0 Å². The van der Waals surface area contributed by atoms with Crippen molar-refractivity contribution in [3.63, 3.8) is 0 Å². The molecule has 0 radical (unpaired) electrons. The molecule has 120 valence electrons. The predicted molar refractivity (Wildman–Crippen MR) is 98.7 cm³/mol. The molecule has 0 aliphatic heterocycles. The number of halogens is 1. The maximum Gasteiger partial charge on any atom is 0.272 e. The zero-order chi connectivity index (χ0) is 16.5. The van der Waals surface area contributed by atoms with E-state index in [0.29, 0.717) is 5.56 Å². The highest BCUT2D eigenvalue weighted by Crippen LogP contribution is 2.15. The Hall–Kier alpha value is -1.94. The fraction of sp³-hybridized carbons (Fsp3) is 0.263. The largest absolute Gasteiger partial charge is 0.272 e. The molecule has 2 aromatic rings. The zero-order valence-electron chi connectivity index (χ0n) is 13.3. The van der Waals surface area contributed by atoms with Gasteiger partial charge in [-0.3, -0.25) is 4.79 Å². The van der Waals surface area contributed by atoms with Gasteiger partial charge in [-0.25, -0.2) is 5.43 Å². The lowest BCUT2D eigenvalue weighted by Crippen LogP contribution is -2.20. The number of hydrazone groups is 1. The Morgan fingerprint density at radius 3 is 2.43 bits per heavy atom. The van der Waals surface area contributed by atoms with Crippen LogP contribution in [0.1, 0.15) is 48.5 Å². The van der Waals surface area contributed by atoms with Crippen molar-refractivity contribution < 1.29 is 4.79 Å². The number of rotatable bonds is 7. The van der Waals surface area contributed by atoms with Crippen LogP contribution in [0.3, 0.4) is 0 Å². The van der Waals surface area contributed by atoms with Crippen LogP contribution in [0.5, 0.6) is 0 Å². The number of hydrogen-bond acceptors (Lipinski definition) is 2. The molecule has 0 saturated heterocycles. The number of nitrogens with one attached hydrogen (secondary N) is 1. The van der Waals surface area contributed by atoms with Gasteiger partial charge in [0.2, 0.25) is 0 Å². The summed E-state index contributed by atoms with van der Waals surface area (Å²) in [4.78, 5) is 12.3. The highest BCUT2D eigenvalue weighted by Gasteiger charge is 2.09. The van der Waals surface area contributed by atoms with Crippen molar-refractivity contribution in [2.24, 2.45) is 5.10 Å². The van der Waals surface area contributed by atoms with Gasteiger partial charge in [-0.1, -0.05) is 62.2 Å². The molecule has 0 atom stereocenters. The minimum Gasteiger partial charge on any atom is -0.267 e. The maximum atomic E-state index is 12.3. The Morgan fingerprint density at radius 2 is 1.74 bits per heavy atom. The Labute approximate surface area is 145 Å². The molecular formula is C19H21BrN2O. The van der Waals surface area contributed by atoms with E-state index >= 15 is 0 Å². The topological polar surface area (TPSA) is 41.5 Å². The molecule has 1 amide bonds. The molecule has 0 fully saturated rings. The summed E-state index contributed by atoms with van der Waals surface area (Å²) in [5, 5.41) is 4.38. The second-order valence-electron chi connectivity index (χ2n) is 5.30. The lowest BCUT2D eigenvalue weighted by molar-refractivity contribution is 0.0954. The lowest BCUT2D eigenvalue weighted by Gasteiger charge is -2.08. The standard InChI is InChI=1S/C19H21BrN2O/c1-2-3-5-14-18(15-10-6-4-7-11-15)21-22-19(23)16-12-8-9-13-17(16)20/h4,6-13H,2-3,5,14H2,1H3,(H,22,23). The maximum absolute atomic E-state index is 12.3. The average Bonchev–Trinajstić information content (AvgIpc) is 2.59. The second kappa shape index (κ2) is 9.26. The molecule has 0 aliphatic rings. The van der Waals surface area contributed by atoms with Crippen LogP contribution in [-0.2, 0) is 0 Å². The molecule has 23 heavy (non-hydrogen) atoms. The van der Waals surface area contributed by atoms with Crippen LogP contribution in [-0.4, -0.2) is 11.6 Å². The highest BCUT2D eigenvalue weighted by molar-refractivity contribution is 9.10. The molecule has 3 nitrogen and oxygen atoms in total. The molecule has 1 N–H and O–H groups in total. The van der Waals surface area contributed by atoms with E-state index < -0.39 is 0 Å². The summed E-state index contributed by atoms with van der Waals surface area (Å²) < 4.78 is 0.764. The van der Waals surface area contributed by atoms with Crippen molar-refractivity contribution in [2.75, 3.05) is 0 Å². The van der Waals surface area contributed by atoms with Crippen LogP contribution < -0.4 is 5.43 Å². The summed E-state index contributed by atoms with van der Waals surface area (Å²) in [6.45, 7) is 2.17. The number of amides is 1. The number of nitrogens with zero attached hydrogens (tertiary/aromatic N) is 1. The first-order valence-electron chi connectivity index (χ1n) is 7.89. The van der Waals surface area contributed by atoms with Crippen LogP contribution in [0.25, 0.3) is 0 Å². The minimum atomic E-state index is -0.207. The van der Waals surface area contributed by atoms with Gasteiger partial charge in [0, 0.05) is 4.47 Å². The predicted octanol–water partition coefficient (Wildman–Crippen LogP) is 5.16. The first kappa shape index (κ1) is 17.4. The first-order valence-corrected chi connectivity index (χ1v) is 8.68. The van der Waals surface area contributed by atoms with Crippen molar-refractivity contribution >= 4 is 27.5 Å². The molecule has 0 saturated carbocycles. The third-order valence-electron chi connectivity index (χ3n) is 3.54. The third kappa shape index (κ3) is 5.32. The molecule has 0 aromatic heterocycles. The fourth-order valence-electron chi connectivity index (χ4n) is 2.26. The Bertz CT molecular complexity index is 668. The van der Waals surface area contributed by atoms with Crippen molar-refractivity contribution in [3.8, 4) is 0 Å². The van der Waals surface area contributed by atoms with Gasteiger partial charge in [0.15, 0.2) is 0 Å². The smallest absolute Gasteiger partial charge is 0.267 e. The highest BCUT2D eigenvalue weighted by atomic mass is 79.9. The van der Waals surface area contributed by atoms with Gasteiger partial charge < -0.3 is 0 Å². The molecule has 0 spiro atoms. The summed E-state index contributed by atoms with van der Waals surface area (Å²) in [6, 6.07) is 17.3. The van der Waals surface area contributed by atoms with Crippen molar-refractivity contribution in [2.45, 2.75) is 32.6 Å². The van der Waals surface area contributed by atoms with E-state index in [4.69, 9.17) is 0 Å². The number of unbranched alkanes of at least 4 members (excludes halogenated alkanes) is 2. The number of carbonyl (C=O) groups is 1. The Kier molecular flexibility index (Phi) is 7.01. The van der Waals surface area contributed by atoms with E-state index in [9.17, 15) is 4.79 Å². The molecule has 0 unspecified atom stereocenters. The molecular weight excluding hydrogens is 352 g/mol. The lowest BCUT2D eigenvalue weighted by atomic mass is 10.0. The van der Waals surface area contributed by atoms with Crippen LogP contribution in [0.15, 0.2) is 64.2 Å². The quantitative estimate of drug-likeness (QED) is 0.406. The summed E-state index contributed by atoms with van der Waals surface area (Å²) in [5.74, 6) is -0.207. The van der Waals surface area contributed by atoms with E-state index in [1.54, 1.807) is 6.07 Å². The van der Waals surface area contributed by atoms with Gasteiger partial charge in [0.25, 0.3) is 5.91 Å². The number of carbonyl (C=O) groups excluding carboxylic acids is 1. The Morgan fingerprint density at radius 1 is 1.04 bits per heavy atom. The molecule has 0 heterocycles. The van der Waals surface area contributed by atoms with Crippen molar-refractivity contribution in [3.05, 3.63) is 70.2 Å². The van der Waals surface area contributed by atoms with Gasteiger partial charge in [-0.2, -0.15) is 5.10 Å². The Balaban J connectivity index is 2.13. The molecule has 2 aromatic carbocycles. The van der Waals surface area contributed by atoms with Crippen LogP contribution in [0.2, 0.25) is 0 Å². The molecule has 2 rings (SSSR count). The minimum absolute atomic E-state index is 0.207.